The third kappa shape index (κ3) is 3.16. The van der Waals surface area contributed by atoms with Crippen molar-refractivity contribution < 1.29 is 9.47 Å². The van der Waals surface area contributed by atoms with E-state index in [1.807, 2.05) is 18.2 Å². The molecule has 0 atom stereocenters. The van der Waals surface area contributed by atoms with Crippen LogP contribution in [0.4, 0.5) is 0 Å². The number of hydrogen-bond acceptors (Lipinski definition) is 5. The van der Waals surface area contributed by atoms with Crippen LogP contribution in [0.5, 0.6) is 11.5 Å². The molecule has 1 aromatic carbocycles. The van der Waals surface area contributed by atoms with E-state index in [0.717, 1.165) is 29.2 Å². The summed E-state index contributed by atoms with van der Waals surface area (Å²) in [5.41, 5.74) is 8.40. The van der Waals surface area contributed by atoms with Gasteiger partial charge in [-0.05, 0) is 24.5 Å². The van der Waals surface area contributed by atoms with Gasteiger partial charge in [0.15, 0.2) is 0 Å². The summed E-state index contributed by atoms with van der Waals surface area (Å²) in [7, 11) is 3.27. The summed E-state index contributed by atoms with van der Waals surface area (Å²) in [5.74, 6) is 1.93. The molecule has 6 heteroatoms. The summed E-state index contributed by atoms with van der Waals surface area (Å²) in [6.45, 7) is 4.68. The Morgan fingerprint density at radius 3 is 2.57 bits per heavy atom. The molecule has 0 aliphatic rings. The molecule has 0 aliphatic carbocycles. The number of hydrogen-bond donors (Lipinski definition) is 1. The van der Waals surface area contributed by atoms with Gasteiger partial charge in [-0.15, -0.1) is 5.10 Å². The van der Waals surface area contributed by atoms with Crippen LogP contribution in [-0.2, 0) is 13.0 Å². The molecular formula is C15H22N4O2. The van der Waals surface area contributed by atoms with E-state index in [2.05, 4.69) is 24.2 Å². The first-order chi connectivity index (χ1) is 10.1. The van der Waals surface area contributed by atoms with E-state index in [1.54, 1.807) is 18.9 Å². The van der Waals surface area contributed by atoms with Crippen LogP contribution in [0.3, 0.4) is 0 Å². The summed E-state index contributed by atoms with van der Waals surface area (Å²) < 4.78 is 12.5. The zero-order valence-electron chi connectivity index (χ0n) is 13.0. The van der Waals surface area contributed by atoms with E-state index in [1.165, 1.54) is 0 Å². The molecule has 0 unspecified atom stereocenters. The lowest BCUT2D eigenvalue weighted by Crippen LogP contribution is -2.10. The Labute approximate surface area is 124 Å². The van der Waals surface area contributed by atoms with Crippen LogP contribution in [-0.4, -0.2) is 29.2 Å². The molecule has 1 aromatic heterocycles. The SMILES string of the molecule is COc1ccc(OC)c(-n2nnc(CN)c2CC(C)C)c1. The van der Waals surface area contributed by atoms with Crippen molar-refractivity contribution in [3.05, 3.63) is 29.6 Å². The second-order valence-electron chi connectivity index (χ2n) is 5.23. The number of nitrogens with two attached hydrogens (primary N) is 1. The molecule has 0 amide bonds. The highest BCUT2D eigenvalue weighted by molar-refractivity contribution is 5.51. The molecule has 6 nitrogen and oxygen atoms in total. The van der Waals surface area contributed by atoms with Gasteiger partial charge in [-0.2, -0.15) is 0 Å². The minimum atomic E-state index is 0.369. The van der Waals surface area contributed by atoms with Gasteiger partial charge in [0.25, 0.3) is 0 Å². The number of ether oxygens (including phenoxy) is 2. The van der Waals surface area contributed by atoms with Crippen molar-refractivity contribution >= 4 is 0 Å². The second kappa shape index (κ2) is 6.58. The summed E-state index contributed by atoms with van der Waals surface area (Å²) in [4.78, 5) is 0. The molecule has 0 saturated heterocycles. The predicted octanol–water partition coefficient (Wildman–Crippen LogP) is 1.94. The van der Waals surface area contributed by atoms with Gasteiger partial charge in [0.2, 0.25) is 0 Å². The standard InChI is InChI=1S/C15H22N4O2/c1-10(2)7-13-12(9-16)17-18-19(13)14-8-11(20-3)5-6-15(14)21-4/h5-6,8,10H,7,9,16H2,1-4H3. The molecule has 0 bridgehead atoms. The average molecular weight is 290 g/mol. The van der Waals surface area contributed by atoms with E-state index < -0.39 is 0 Å². The first kappa shape index (κ1) is 15.3. The van der Waals surface area contributed by atoms with Crippen LogP contribution < -0.4 is 15.2 Å². The third-order valence-electron chi connectivity index (χ3n) is 3.25. The zero-order chi connectivity index (χ0) is 15.4. The van der Waals surface area contributed by atoms with Gasteiger partial charge in [0.05, 0.1) is 25.6 Å². The fraction of sp³-hybridized carbons (Fsp3) is 0.467. The van der Waals surface area contributed by atoms with Crippen molar-refractivity contribution in [2.24, 2.45) is 11.7 Å². The Morgan fingerprint density at radius 2 is 2.00 bits per heavy atom. The maximum absolute atomic E-state index is 5.77. The summed E-state index contributed by atoms with van der Waals surface area (Å²) >= 11 is 0. The quantitative estimate of drug-likeness (QED) is 0.880. The Hall–Kier alpha value is -2.08. The zero-order valence-corrected chi connectivity index (χ0v) is 13.0. The fourth-order valence-corrected chi connectivity index (χ4v) is 2.24. The topological polar surface area (TPSA) is 75.2 Å². The van der Waals surface area contributed by atoms with E-state index >= 15 is 0 Å². The van der Waals surface area contributed by atoms with E-state index in [9.17, 15) is 0 Å². The molecule has 0 saturated carbocycles. The molecule has 21 heavy (non-hydrogen) atoms. The Bertz CT molecular complexity index is 608. The largest absolute Gasteiger partial charge is 0.497 e. The first-order valence-corrected chi connectivity index (χ1v) is 6.96. The molecule has 2 N–H and O–H groups in total. The lowest BCUT2D eigenvalue weighted by molar-refractivity contribution is 0.399. The Kier molecular flexibility index (Phi) is 4.80. The van der Waals surface area contributed by atoms with Crippen molar-refractivity contribution in [3.63, 3.8) is 0 Å². The average Bonchev–Trinajstić information content (AvgIpc) is 2.88. The third-order valence-corrected chi connectivity index (χ3v) is 3.25. The van der Waals surface area contributed by atoms with Crippen LogP contribution in [0, 0.1) is 5.92 Å². The molecule has 0 spiro atoms. The highest BCUT2D eigenvalue weighted by Gasteiger charge is 2.17. The molecule has 0 fully saturated rings. The van der Waals surface area contributed by atoms with Crippen LogP contribution in [0.25, 0.3) is 5.69 Å². The van der Waals surface area contributed by atoms with Crippen LogP contribution in [0.15, 0.2) is 18.2 Å². The van der Waals surface area contributed by atoms with E-state index in [4.69, 9.17) is 15.2 Å². The number of nitrogens with zero attached hydrogens (tertiary/aromatic N) is 3. The van der Waals surface area contributed by atoms with Crippen LogP contribution in [0.1, 0.15) is 25.2 Å². The van der Waals surface area contributed by atoms with Gasteiger partial charge in [0.1, 0.15) is 17.2 Å². The number of rotatable bonds is 6. The molecular weight excluding hydrogens is 268 g/mol. The lowest BCUT2D eigenvalue weighted by atomic mass is 10.1. The van der Waals surface area contributed by atoms with Gasteiger partial charge in [-0.3, -0.25) is 0 Å². The van der Waals surface area contributed by atoms with Crippen molar-refractivity contribution in [1.82, 2.24) is 15.0 Å². The molecule has 2 rings (SSSR count). The number of aromatic nitrogens is 3. The highest BCUT2D eigenvalue weighted by Crippen LogP contribution is 2.29. The maximum atomic E-state index is 5.77. The maximum Gasteiger partial charge on any atom is 0.144 e. The van der Waals surface area contributed by atoms with E-state index in [0.29, 0.717) is 18.2 Å². The Balaban J connectivity index is 2.57. The summed E-state index contributed by atoms with van der Waals surface area (Å²) in [6.07, 6.45) is 0.847. The number of benzene rings is 1. The minimum absolute atomic E-state index is 0.369. The fourth-order valence-electron chi connectivity index (χ4n) is 2.24. The minimum Gasteiger partial charge on any atom is -0.497 e. The normalized spacial score (nSPS) is 11.0. The molecule has 114 valence electrons. The van der Waals surface area contributed by atoms with Gasteiger partial charge < -0.3 is 15.2 Å². The molecule has 2 aromatic rings. The Morgan fingerprint density at radius 1 is 1.24 bits per heavy atom. The second-order valence-corrected chi connectivity index (χ2v) is 5.23. The summed E-state index contributed by atoms with van der Waals surface area (Å²) in [6, 6.07) is 5.60. The molecule has 0 radical (unpaired) electrons. The van der Waals surface area contributed by atoms with Crippen molar-refractivity contribution in [1.29, 1.82) is 0 Å². The van der Waals surface area contributed by atoms with Gasteiger partial charge in [0, 0.05) is 12.6 Å². The lowest BCUT2D eigenvalue weighted by Gasteiger charge is -2.14. The van der Waals surface area contributed by atoms with Gasteiger partial charge >= 0.3 is 0 Å². The predicted molar refractivity (Wildman–Crippen MR) is 80.9 cm³/mol. The summed E-state index contributed by atoms with van der Waals surface area (Å²) in [5, 5.41) is 8.43. The van der Waals surface area contributed by atoms with Crippen LogP contribution in [0.2, 0.25) is 0 Å². The number of methoxy groups -OCH3 is 2. The van der Waals surface area contributed by atoms with Gasteiger partial charge in [-0.1, -0.05) is 19.1 Å². The van der Waals surface area contributed by atoms with Crippen molar-refractivity contribution in [3.8, 4) is 17.2 Å². The molecule has 1 heterocycles. The van der Waals surface area contributed by atoms with Gasteiger partial charge in [-0.25, -0.2) is 4.68 Å². The van der Waals surface area contributed by atoms with Crippen LogP contribution >= 0.6 is 0 Å². The molecule has 0 aliphatic heterocycles. The first-order valence-electron chi connectivity index (χ1n) is 6.96. The van der Waals surface area contributed by atoms with E-state index in [-0.39, 0.29) is 0 Å². The highest BCUT2D eigenvalue weighted by atomic mass is 16.5. The van der Waals surface area contributed by atoms with Crippen molar-refractivity contribution in [2.45, 2.75) is 26.8 Å². The smallest absolute Gasteiger partial charge is 0.144 e. The monoisotopic (exact) mass is 290 g/mol. The van der Waals surface area contributed by atoms with Crippen molar-refractivity contribution in [2.75, 3.05) is 14.2 Å².